The Labute approximate surface area is 272 Å². The SMILES string of the molecule is CCCCCCCCCCCCCCCC(=O)OC[C@H](COP(=O)([O-])OCC[N+](C)(C)C)OC(=O)CCCCCCCC(=O)[O-]. The fraction of sp³-hybridized carbons (Fsp3) is 0.909. The number of esters is 2. The van der Waals surface area contributed by atoms with Gasteiger partial charge in [-0.1, -0.05) is 103 Å². The van der Waals surface area contributed by atoms with Crippen molar-refractivity contribution in [3.8, 4) is 0 Å². The number of unbranched alkanes of at least 4 members (excludes halogenated alkanes) is 16. The number of phosphoric ester groups is 1. The number of nitrogens with zero attached hydrogens (tertiary/aromatic N) is 1. The second-order valence-corrected chi connectivity index (χ2v) is 14.4. The summed E-state index contributed by atoms with van der Waals surface area (Å²) in [5, 5.41) is 10.5. The molecule has 1 unspecified atom stereocenters. The van der Waals surface area contributed by atoms with Crippen LogP contribution in [0, 0.1) is 0 Å². The van der Waals surface area contributed by atoms with Crippen molar-refractivity contribution < 1.29 is 52.0 Å². The smallest absolute Gasteiger partial charge is 0.306 e. The second-order valence-electron chi connectivity index (χ2n) is 13.0. The first-order valence-electron chi connectivity index (χ1n) is 17.3. The number of phosphoric acid groups is 1. The lowest BCUT2D eigenvalue weighted by molar-refractivity contribution is -0.870. The highest BCUT2D eigenvalue weighted by Crippen LogP contribution is 2.38. The Bertz CT molecular complexity index is 818. The highest BCUT2D eigenvalue weighted by atomic mass is 31.2. The molecule has 0 heterocycles. The van der Waals surface area contributed by atoms with E-state index in [1.165, 1.54) is 57.8 Å². The number of carbonyl (C=O) groups excluding carboxylic acids is 3. The normalized spacial score (nSPS) is 13.7. The van der Waals surface area contributed by atoms with E-state index < -0.39 is 38.4 Å². The molecule has 0 aliphatic rings. The molecule has 0 spiro atoms. The molecule has 0 aliphatic carbocycles. The van der Waals surface area contributed by atoms with Crippen molar-refractivity contribution in [2.24, 2.45) is 0 Å². The monoisotopic (exact) mass is 664 g/mol. The summed E-state index contributed by atoms with van der Waals surface area (Å²) in [4.78, 5) is 47.4. The van der Waals surface area contributed by atoms with Crippen LogP contribution in [0.3, 0.4) is 0 Å². The zero-order valence-corrected chi connectivity index (χ0v) is 29.6. The Hall–Kier alpha value is -1.52. The van der Waals surface area contributed by atoms with E-state index in [0.717, 1.165) is 32.1 Å². The summed E-state index contributed by atoms with van der Waals surface area (Å²) in [7, 11) is 1.05. The Balaban J connectivity index is 4.42. The molecule has 0 aromatic rings. The minimum atomic E-state index is -4.65. The molecule has 0 rings (SSSR count). The standard InChI is InChI=1S/C33H64NO10P/c1-5-6-7-8-9-10-11-12-13-14-15-18-21-24-32(37)41-28-30(29-43-45(39,40)42-27-26-34(2,3)4)44-33(38)25-22-19-16-17-20-23-31(35)36/h30H,5-29H2,1-4H3,(H-,35,36,39,40)/p-1/t30-/m1/s1. The third-order valence-electron chi connectivity index (χ3n) is 7.40. The van der Waals surface area contributed by atoms with Crippen molar-refractivity contribution in [3.05, 3.63) is 0 Å². The summed E-state index contributed by atoms with van der Waals surface area (Å²) < 4.78 is 33.3. The summed E-state index contributed by atoms with van der Waals surface area (Å²) in [6, 6.07) is 0. The Morgan fingerprint density at radius 2 is 1.09 bits per heavy atom. The topological polar surface area (TPSA) is 151 Å². The van der Waals surface area contributed by atoms with E-state index in [-0.39, 0.29) is 32.5 Å². The summed E-state index contributed by atoms with van der Waals surface area (Å²) in [6.45, 7) is 1.78. The molecule has 266 valence electrons. The second kappa shape index (κ2) is 27.6. The summed E-state index contributed by atoms with van der Waals surface area (Å²) >= 11 is 0. The van der Waals surface area contributed by atoms with Crippen molar-refractivity contribution in [3.63, 3.8) is 0 Å². The molecule has 2 atom stereocenters. The van der Waals surface area contributed by atoms with E-state index in [1.54, 1.807) is 0 Å². The zero-order chi connectivity index (χ0) is 33.8. The predicted octanol–water partition coefficient (Wildman–Crippen LogP) is 5.61. The maximum absolute atomic E-state index is 12.4. The third kappa shape index (κ3) is 32.2. The molecular weight excluding hydrogens is 601 g/mol. The van der Waals surface area contributed by atoms with Gasteiger partial charge >= 0.3 is 11.9 Å². The van der Waals surface area contributed by atoms with Crippen LogP contribution in [0.25, 0.3) is 0 Å². The van der Waals surface area contributed by atoms with E-state index in [4.69, 9.17) is 18.5 Å². The first-order valence-corrected chi connectivity index (χ1v) is 18.8. The number of carboxylic acid groups (broad SMARTS) is 1. The average Bonchev–Trinajstić information content (AvgIpc) is 2.95. The molecule has 12 heteroatoms. The fourth-order valence-corrected chi connectivity index (χ4v) is 5.34. The molecule has 45 heavy (non-hydrogen) atoms. The maximum Gasteiger partial charge on any atom is 0.306 e. The Kier molecular flexibility index (Phi) is 26.6. The number of rotatable bonds is 32. The number of aliphatic carboxylic acids is 1. The van der Waals surface area contributed by atoms with Gasteiger partial charge in [0, 0.05) is 18.8 Å². The van der Waals surface area contributed by atoms with Gasteiger partial charge in [-0.15, -0.1) is 0 Å². The van der Waals surface area contributed by atoms with Gasteiger partial charge in [-0.2, -0.15) is 0 Å². The number of hydrogen-bond acceptors (Lipinski definition) is 10. The number of hydrogen-bond donors (Lipinski definition) is 0. The van der Waals surface area contributed by atoms with Gasteiger partial charge < -0.3 is 37.8 Å². The summed E-state index contributed by atoms with van der Waals surface area (Å²) in [5.41, 5.74) is 0. The van der Waals surface area contributed by atoms with E-state index in [2.05, 4.69) is 6.92 Å². The third-order valence-corrected chi connectivity index (χ3v) is 8.37. The van der Waals surface area contributed by atoms with Crippen molar-refractivity contribution in [1.29, 1.82) is 0 Å². The largest absolute Gasteiger partial charge is 0.756 e. The van der Waals surface area contributed by atoms with E-state index in [0.29, 0.717) is 36.7 Å². The number of quaternary nitrogens is 1. The van der Waals surface area contributed by atoms with Gasteiger partial charge in [0.2, 0.25) is 0 Å². The number of carbonyl (C=O) groups is 3. The lowest BCUT2D eigenvalue weighted by atomic mass is 10.0. The van der Waals surface area contributed by atoms with Crippen molar-refractivity contribution in [2.45, 2.75) is 148 Å². The molecule has 0 bridgehead atoms. The summed E-state index contributed by atoms with van der Waals surface area (Å²) in [6.07, 6.45) is 18.2. The molecule has 0 aromatic carbocycles. The van der Waals surface area contributed by atoms with E-state index in [9.17, 15) is 28.9 Å². The van der Waals surface area contributed by atoms with Gasteiger partial charge in [0.15, 0.2) is 6.10 Å². The fourth-order valence-electron chi connectivity index (χ4n) is 4.61. The number of carboxylic acids is 1. The van der Waals surface area contributed by atoms with Crippen LogP contribution < -0.4 is 10.00 Å². The first-order chi connectivity index (χ1) is 21.3. The number of ether oxygens (including phenoxy) is 2. The average molecular weight is 665 g/mol. The van der Waals surface area contributed by atoms with E-state index in [1.807, 2.05) is 21.1 Å². The highest BCUT2D eigenvalue weighted by molar-refractivity contribution is 7.45. The van der Waals surface area contributed by atoms with E-state index >= 15 is 0 Å². The van der Waals surface area contributed by atoms with Gasteiger partial charge in [-0.25, -0.2) is 0 Å². The Morgan fingerprint density at radius 1 is 0.644 bits per heavy atom. The zero-order valence-electron chi connectivity index (χ0n) is 28.7. The van der Waals surface area contributed by atoms with Gasteiger partial charge in [-0.3, -0.25) is 14.2 Å². The molecule has 0 aliphatic heterocycles. The highest BCUT2D eigenvalue weighted by Gasteiger charge is 2.21. The van der Waals surface area contributed by atoms with Crippen molar-refractivity contribution in [2.75, 3.05) is 47.5 Å². The van der Waals surface area contributed by atoms with Crippen LogP contribution in [0.4, 0.5) is 0 Å². The van der Waals surface area contributed by atoms with Crippen LogP contribution in [0.5, 0.6) is 0 Å². The Morgan fingerprint density at radius 3 is 1.56 bits per heavy atom. The first kappa shape index (κ1) is 43.5. The van der Waals surface area contributed by atoms with Crippen LogP contribution >= 0.6 is 7.82 Å². The molecule has 11 nitrogen and oxygen atoms in total. The molecule has 0 fully saturated rings. The van der Waals surface area contributed by atoms with Crippen LogP contribution in [-0.2, 0) is 37.5 Å². The van der Waals surface area contributed by atoms with Crippen molar-refractivity contribution in [1.82, 2.24) is 0 Å². The lowest BCUT2D eigenvalue weighted by Gasteiger charge is -2.28. The van der Waals surface area contributed by atoms with Crippen LogP contribution in [0.15, 0.2) is 0 Å². The maximum atomic E-state index is 12.4. The van der Waals surface area contributed by atoms with Gasteiger partial charge in [0.1, 0.15) is 19.8 Å². The quantitative estimate of drug-likeness (QED) is 0.0384. The predicted molar refractivity (Wildman–Crippen MR) is 171 cm³/mol. The minimum absolute atomic E-state index is 0.0183. The van der Waals surface area contributed by atoms with Crippen molar-refractivity contribution >= 4 is 25.7 Å². The molecule has 0 saturated carbocycles. The molecule has 0 N–H and O–H groups in total. The number of likely N-dealkylation sites (N-methyl/N-ethyl adjacent to an activating group) is 1. The van der Waals surface area contributed by atoms with Crippen LogP contribution in [-0.4, -0.2) is 76.0 Å². The van der Waals surface area contributed by atoms with Crippen LogP contribution in [0.1, 0.15) is 142 Å². The van der Waals surface area contributed by atoms with Gasteiger partial charge in [0.25, 0.3) is 7.82 Å². The lowest BCUT2D eigenvalue weighted by Crippen LogP contribution is -2.37. The molecular formula is C33H63NO10P-. The summed E-state index contributed by atoms with van der Waals surface area (Å²) in [5.74, 6) is -2.06. The van der Waals surface area contributed by atoms with Gasteiger partial charge in [-0.05, 0) is 25.7 Å². The molecule has 0 radical (unpaired) electrons. The van der Waals surface area contributed by atoms with Gasteiger partial charge in [0.05, 0.1) is 27.7 Å². The molecule has 0 saturated heterocycles. The molecule has 0 aromatic heterocycles. The van der Waals surface area contributed by atoms with Crippen LogP contribution in [0.2, 0.25) is 0 Å². The molecule has 0 amide bonds. The minimum Gasteiger partial charge on any atom is -0.756 e.